The Morgan fingerprint density at radius 1 is 1.17 bits per heavy atom. The largest absolute Gasteiger partial charge is 0.466 e. The first-order chi connectivity index (χ1) is 10.5. The Bertz CT molecular complexity index is 574. The van der Waals surface area contributed by atoms with Gasteiger partial charge in [-0.1, -0.05) is 6.07 Å². The first-order valence-electron chi connectivity index (χ1n) is 7.63. The van der Waals surface area contributed by atoms with E-state index in [1.807, 2.05) is 40.1 Å². The second kappa shape index (κ2) is 5.91. The number of rotatable bonds is 3. The highest BCUT2D eigenvalue weighted by molar-refractivity contribution is 7.11. The lowest BCUT2D eigenvalue weighted by Gasteiger charge is -2.56. The molecule has 0 aliphatic carbocycles. The van der Waals surface area contributed by atoms with E-state index in [0.29, 0.717) is 17.7 Å². The summed E-state index contributed by atoms with van der Waals surface area (Å²) in [5.74, 6) is -0.960. The number of carbonyl (C=O) groups excluding carboxylic acids is 2. The van der Waals surface area contributed by atoms with Gasteiger partial charge in [-0.15, -0.1) is 11.3 Å². The minimum absolute atomic E-state index is 0.314. The predicted molar refractivity (Wildman–Crippen MR) is 89.6 cm³/mol. The minimum atomic E-state index is -1.27. The van der Waals surface area contributed by atoms with Crippen molar-refractivity contribution in [1.29, 1.82) is 0 Å². The normalized spacial score (nSPS) is 22.3. The molecule has 0 bridgehead atoms. The number of piperidine rings is 1. The van der Waals surface area contributed by atoms with Crippen LogP contribution >= 0.6 is 11.3 Å². The van der Waals surface area contributed by atoms with Crippen molar-refractivity contribution in [2.24, 2.45) is 0 Å². The molecule has 0 unspecified atom stereocenters. The Hall–Kier alpha value is -1.40. The Morgan fingerprint density at radius 3 is 2.17 bits per heavy atom. The second-order valence-corrected chi connectivity index (χ2v) is 8.34. The van der Waals surface area contributed by atoms with Crippen LogP contribution in [0, 0.1) is 0 Å². The molecule has 0 aromatic carbocycles. The third-order valence-corrected chi connectivity index (χ3v) is 5.67. The topological polar surface area (TPSA) is 55.8 Å². The molecule has 1 aromatic rings. The maximum Gasteiger partial charge on any atom is 0.350 e. The van der Waals surface area contributed by atoms with Crippen molar-refractivity contribution in [3.63, 3.8) is 0 Å². The van der Waals surface area contributed by atoms with E-state index in [0.717, 1.165) is 0 Å². The number of hydrogen-bond acceptors (Lipinski definition) is 6. The van der Waals surface area contributed by atoms with Crippen molar-refractivity contribution in [1.82, 2.24) is 4.90 Å². The SMILES string of the molecule is COC(=O)C1(OC(=O)c2cccs2)CC(C)(C)N(C)C(C)(C)C1. The van der Waals surface area contributed by atoms with Gasteiger partial charge in [-0.25, -0.2) is 9.59 Å². The lowest BCUT2D eigenvalue weighted by molar-refractivity contribution is -0.184. The molecule has 2 rings (SSSR count). The molecule has 0 N–H and O–H groups in total. The van der Waals surface area contributed by atoms with E-state index >= 15 is 0 Å². The van der Waals surface area contributed by atoms with Crippen molar-refractivity contribution >= 4 is 23.3 Å². The van der Waals surface area contributed by atoms with Gasteiger partial charge in [0.2, 0.25) is 5.60 Å². The average molecular weight is 339 g/mol. The lowest BCUT2D eigenvalue weighted by Crippen LogP contribution is -2.67. The van der Waals surface area contributed by atoms with Crippen molar-refractivity contribution in [2.45, 2.75) is 57.2 Å². The van der Waals surface area contributed by atoms with Crippen LogP contribution in [-0.2, 0) is 14.3 Å². The van der Waals surface area contributed by atoms with Crippen LogP contribution in [0.15, 0.2) is 17.5 Å². The van der Waals surface area contributed by atoms with Gasteiger partial charge >= 0.3 is 11.9 Å². The predicted octanol–water partition coefficient (Wildman–Crippen LogP) is 3.10. The molecular formula is C17H25NO4S. The standard InChI is InChI=1S/C17H25NO4S/c1-15(2)10-17(14(20)21-6,11-16(3,4)18(15)5)22-13(19)12-8-7-9-23-12/h7-9H,10-11H2,1-6H3. The van der Waals surface area contributed by atoms with Crippen LogP contribution < -0.4 is 0 Å². The smallest absolute Gasteiger partial charge is 0.350 e. The summed E-state index contributed by atoms with van der Waals surface area (Å²) in [6.07, 6.45) is 0.785. The molecule has 0 atom stereocenters. The summed E-state index contributed by atoms with van der Waals surface area (Å²) >= 11 is 1.30. The summed E-state index contributed by atoms with van der Waals surface area (Å²) in [6, 6.07) is 3.48. The van der Waals surface area contributed by atoms with Gasteiger partial charge in [-0.2, -0.15) is 0 Å². The van der Waals surface area contributed by atoms with Crippen LogP contribution in [0.2, 0.25) is 0 Å². The van der Waals surface area contributed by atoms with Crippen LogP contribution in [0.3, 0.4) is 0 Å². The van der Waals surface area contributed by atoms with Crippen LogP contribution in [0.1, 0.15) is 50.2 Å². The van der Waals surface area contributed by atoms with Crippen molar-refractivity contribution in [2.75, 3.05) is 14.2 Å². The summed E-state index contributed by atoms with van der Waals surface area (Å²) in [5.41, 5.74) is -1.90. The first-order valence-corrected chi connectivity index (χ1v) is 8.51. The molecule has 1 aliphatic heterocycles. The monoisotopic (exact) mass is 339 g/mol. The van der Waals surface area contributed by atoms with E-state index in [-0.39, 0.29) is 11.1 Å². The van der Waals surface area contributed by atoms with E-state index in [9.17, 15) is 9.59 Å². The molecule has 0 radical (unpaired) electrons. The quantitative estimate of drug-likeness (QED) is 0.792. The molecule has 1 saturated heterocycles. The average Bonchev–Trinajstić information content (AvgIpc) is 2.97. The summed E-state index contributed by atoms with van der Waals surface area (Å²) in [7, 11) is 3.36. The molecule has 2 heterocycles. The second-order valence-electron chi connectivity index (χ2n) is 7.39. The van der Waals surface area contributed by atoms with Gasteiger partial charge in [0.15, 0.2) is 0 Å². The van der Waals surface area contributed by atoms with Gasteiger partial charge in [-0.3, -0.25) is 4.90 Å². The molecular weight excluding hydrogens is 314 g/mol. The summed E-state index contributed by atoms with van der Waals surface area (Å²) in [5, 5.41) is 1.81. The molecule has 5 nitrogen and oxygen atoms in total. The highest BCUT2D eigenvalue weighted by Crippen LogP contribution is 2.45. The van der Waals surface area contributed by atoms with Crippen molar-refractivity contribution in [3.8, 4) is 0 Å². The number of carbonyl (C=O) groups is 2. The van der Waals surface area contributed by atoms with Gasteiger partial charge in [0.1, 0.15) is 4.88 Å². The van der Waals surface area contributed by atoms with Gasteiger partial charge in [-0.05, 0) is 46.2 Å². The van der Waals surface area contributed by atoms with E-state index in [1.165, 1.54) is 18.4 Å². The van der Waals surface area contributed by atoms with Crippen LogP contribution in [0.5, 0.6) is 0 Å². The lowest BCUT2D eigenvalue weighted by atomic mass is 9.71. The highest BCUT2D eigenvalue weighted by Gasteiger charge is 2.57. The number of methoxy groups -OCH3 is 1. The fraction of sp³-hybridized carbons (Fsp3) is 0.647. The molecule has 1 aliphatic rings. The molecule has 6 heteroatoms. The molecule has 0 amide bonds. The van der Waals surface area contributed by atoms with E-state index in [4.69, 9.17) is 9.47 Å². The van der Waals surface area contributed by atoms with Gasteiger partial charge in [0, 0.05) is 23.9 Å². The fourth-order valence-electron chi connectivity index (χ4n) is 3.58. The summed E-state index contributed by atoms with van der Waals surface area (Å²) in [6.45, 7) is 8.18. The summed E-state index contributed by atoms with van der Waals surface area (Å²) < 4.78 is 10.8. The number of nitrogens with zero attached hydrogens (tertiary/aromatic N) is 1. The van der Waals surface area contributed by atoms with Crippen LogP contribution in [-0.4, -0.2) is 47.7 Å². The van der Waals surface area contributed by atoms with E-state index in [2.05, 4.69) is 4.90 Å². The highest BCUT2D eigenvalue weighted by atomic mass is 32.1. The van der Waals surface area contributed by atoms with Crippen molar-refractivity contribution in [3.05, 3.63) is 22.4 Å². The van der Waals surface area contributed by atoms with Gasteiger partial charge < -0.3 is 9.47 Å². The zero-order valence-corrected chi connectivity index (χ0v) is 15.5. The number of hydrogen-bond donors (Lipinski definition) is 0. The zero-order valence-electron chi connectivity index (χ0n) is 14.6. The van der Waals surface area contributed by atoms with E-state index in [1.54, 1.807) is 12.1 Å². The van der Waals surface area contributed by atoms with Crippen molar-refractivity contribution < 1.29 is 19.1 Å². The number of likely N-dealkylation sites (tertiary alicyclic amines) is 1. The van der Waals surface area contributed by atoms with Crippen LogP contribution in [0.25, 0.3) is 0 Å². The molecule has 0 saturated carbocycles. The van der Waals surface area contributed by atoms with Crippen LogP contribution in [0.4, 0.5) is 0 Å². The third-order valence-electron chi connectivity index (χ3n) is 4.82. The first kappa shape index (κ1) is 17.9. The number of esters is 2. The van der Waals surface area contributed by atoms with Gasteiger partial charge in [0.05, 0.1) is 7.11 Å². The summed E-state index contributed by atoms with van der Waals surface area (Å²) in [4.78, 5) is 27.7. The molecule has 128 valence electrons. The van der Waals surface area contributed by atoms with Gasteiger partial charge in [0.25, 0.3) is 0 Å². The molecule has 1 fully saturated rings. The zero-order chi connectivity index (χ0) is 17.5. The molecule has 23 heavy (non-hydrogen) atoms. The third kappa shape index (κ3) is 3.28. The Labute approximate surface area is 141 Å². The fourth-order valence-corrected chi connectivity index (χ4v) is 4.18. The molecule has 1 aromatic heterocycles. The Balaban J connectivity index is 2.40. The minimum Gasteiger partial charge on any atom is -0.466 e. The maximum absolute atomic E-state index is 12.6. The maximum atomic E-state index is 12.6. The molecule has 0 spiro atoms. The Kier molecular flexibility index (Phi) is 4.61. The Morgan fingerprint density at radius 2 is 1.74 bits per heavy atom. The van der Waals surface area contributed by atoms with E-state index < -0.39 is 17.5 Å². The number of thiophene rings is 1. The number of ether oxygens (including phenoxy) is 2.